The molecule has 3 rings (SSSR count). The number of non-ortho nitro benzene ring substituents is 1. The van der Waals surface area contributed by atoms with Crippen LogP contribution in [0, 0.1) is 10.1 Å². The highest BCUT2D eigenvalue weighted by molar-refractivity contribution is 6.33. The van der Waals surface area contributed by atoms with Crippen LogP contribution in [0.1, 0.15) is 32.4 Å². The molecule has 7 heteroatoms. The topological polar surface area (TPSA) is 86.5 Å². The van der Waals surface area contributed by atoms with E-state index in [-0.39, 0.29) is 16.3 Å². The summed E-state index contributed by atoms with van der Waals surface area (Å²) in [6.07, 6.45) is -1.27. The van der Waals surface area contributed by atoms with Crippen LogP contribution in [0.3, 0.4) is 0 Å². The molecule has 0 bridgehead atoms. The van der Waals surface area contributed by atoms with Crippen molar-refractivity contribution in [2.75, 3.05) is 0 Å². The molecule has 6 nitrogen and oxygen atoms in total. The van der Waals surface area contributed by atoms with Gasteiger partial charge >= 0.3 is 5.97 Å². The molecule has 28 heavy (non-hydrogen) atoms. The number of rotatable bonds is 6. The number of ether oxygens (including phenoxy) is 1. The average molecular weight is 396 g/mol. The van der Waals surface area contributed by atoms with E-state index >= 15 is 0 Å². The van der Waals surface area contributed by atoms with E-state index in [2.05, 4.69) is 0 Å². The lowest BCUT2D eigenvalue weighted by Crippen LogP contribution is -2.20. The Morgan fingerprint density at radius 1 is 0.893 bits per heavy atom. The molecule has 0 aliphatic rings. The van der Waals surface area contributed by atoms with Crippen LogP contribution in [0.5, 0.6) is 0 Å². The maximum absolute atomic E-state index is 13.0. The van der Waals surface area contributed by atoms with Crippen LogP contribution in [0.2, 0.25) is 5.02 Å². The predicted molar refractivity (Wildman–Crippen MR) is 103 cm³/mol. The van der Waals surface area contributed by atoms with Crippen LogP contribution < -0.4 is 0 Å². The van der Waals surface area contributed by atoms with E-state index in [0.29, 0.717) is 11.1 Å². The molecule has 140 valence electrons. The third-order valence-electron chi connectivity index (χ3n) is 4.02. The number of carbonyl (C=O) groups is 2. The molecule has 3 aromatic carbocycles. The van der Waals surface area contributed by atoms with Gasteiger partial charge in [-0.2, -0.15) is 0 Å². The number of halogens is 1. The minimum atomic E-state index is -1.27. The van der Waals surface area contributed by atoms with E-state index in [1.807, 2.05) is 0 Å². The van der Waals surface area contributed by atoms with Gasteiger partial charge in [-0.05, 0) is 24.3 Å². The molecule has 0 aliphatic heterocycles. The van der Waals surface area contributed by atoms with Crippen molar-refractivity contribution >= 4 is 29.0 Å². The summed E-state index contributed by atoms with van der Waals surface area (Å²) in [6.45, 7) is 0. The van der Waals surface area contributed by atoms with Gasteiger partial charge in [0.2, 0.25) is 5.78 Å². The summed E-state index contributed by atoms with van der Waals surface area (Å²) in [4.78, 5) is 35.9. The zero-order valence-corrected chi connectivity index (χ0v) is 15.2. The van der Waals surface area contributed by atoms with Crippen molar-refractivity contribution < 1.29 is 19.2 Å². The number of nitro groups is 1. The fraction of sp³-hybridized carbons (Fsp3) is 0.0476. The highest BCUT2D eigenvalue weighted by Gasteiger charge is 2.28. The molecular formula is C21H14ClNO5. The monoisotopic (exact) mass is 395 g/mol. The van der Waals surface area contributed by atoms with Gasteiger partial charge in [-0.1, -0.05) is 54.1 Å². The van der Waals surface area contributed by atoms with Gasteiger partial charge in [0.1, 0.15) is 0 Å². The van der Waals surface area contributed by atoms with Crippen molar-refractivity contribution in [1.29, 1.82) is 0 Å². The Morgan fingerprint density at radius 2 is 1.50 bits per heavy atom. The molecule has 0 spiro atoms. The molecule has 3 aromatic rings. The second-order valence-corrected chi connectivity index (χ2v) is 6.25. The zero-order valence-electron chi connectivity index (χ0n) is 14.4. The first kappa shape index (κ1) is 19.3. The summed E-state index contributed by atoms with van der Waals surface area (Å²) in [7, 11) is 0. The number of ketones is 1. The summed E-state index contributed by atoms with van der Waals surface area (Å²) in [5.41, 5.74) is 0.654. The first-order valence-electron chi connectivity index (χ1n) is 8.26. The SMILES string of the molecule is O=C(O[C@H](C(=O)c1ccccc1)c1ccc([N+](=O)[O-])cc1)c1ccccc1Cl. The maximum atomic E-state index is 13.0. The van der Waals surface area contributed by atoms with E-state index in [9.17, 15) is 19.7 Å². The van der Waals surface area contributed by atoms with E-state index in [1.54, 1.807) is 42.5 Å². The summed E-state index contributed by atoms with van der Waals surface area (Å²) < 4.78 is 5.48. The quantitative estimate of drug-likeness (QED) is 0.253. The molecule has 0 heterocycles. The predicted octanol–water partition coefficient (Wildman–Crippen LogP) is 5.03. The molecule has 0 unspecified atom stereocenters. The number of esters is 1. The van der Waals surface area contributed by atoms with Gasteiger partial charge in [0, 0.05) is 23.3 Å². The van der Waals surface area contributed by atoms with Crippen molar-refractivity contribution in [1.82, 2.24) is 0 Å². The minimum Gasteiger partial charge on any atom is -0.445 e. The zero-order chi connectivity index (χ0) is 20.1. The molecule has 0 aromatic heterocycles. The molecule has 0 saturated heterocycles. The van der Waals surface area contributed by atoms with Crippen LogP contribution in [-0.4, -0.2) is 16.7 Å². The standard InChI is InChI=1S/C21H14ClNO5/c22-18-9-5-4-8-17(18)21(25)28-20(19(24)14-6-2-1-3-7-14)15-10-12-16(13-11-15)23(26)27/h1-13,20H/t20-/m0/s1. The smallest absolute Gasteiger partial charge is 0.340 e. The van der Waals surface area contributed by atoms with Crippen molar-refractivity contribution in [2.24, 2.45) is 0 Å². The molecule has 0 amide bonds. The molecule has 0 N–H and O–H groups in total. The Labute approximate surface area is 165 Å². The van der Waals surface area contributed by atoms with Gasteiger partial charge in [-0.3, -0.25) is 14.9 Å². The molecule has 0 radical (unpaired) electrons. The fourth-order valence-electron chi connectivity index (χ4n) is 2.59. The highest BCUT2D eigenvalue weighted by atomic mass is 35.5. The van der Waals surface area contributed by atoms with Crippen LogP contribution in [0.15, 0.2) is 78.9 Å². The number of hydrogen-bond acceptors (Lipinski definition) is 5. The summed E-state index contributed by atoms with van der Waals surface area (Å²) in [5, 5.41) is 11.1. The van der Waals surface area contributed by atoms with E-state index in [4.69, 9.17) is 16.3 Å². The van der Waals surface area contributed by atoms with Gasteiger partial charge in [0.25, 0.3) is 5.69 Å². The third kappa shape index (κ3) is 4.24. The van der Waals surface area contributed by atoms with Gasteiger partial charge in [0.05, 0.1) is 15.5 Å². The molecule has 0 saturated carbocycles. The van der Waals surface area contributed by atoms with Crippen molar-refractivity contribution in [3.8, 4) is 0 Å². The number of Topliss-reactive ketones (excluding diaryl/α,β-unsaturated/α-hetero) is 1. The average Bonchev–Trinajstić information content (AvgIpc) is 2.72. The van der Waals surface area contributed by atoms with Gasteiger partial charge < -0.3 is 4.74 Å². The highest BCUT2D eigenvalue weighted by Crippen LogP contribution is 2.27. The van der Waals surface area contributed by atoms with Crippen molar-refractivity contribution in [3.05, 3.63) is 111 Å². The Morgan fingerprint density at radius 3 is 2.11 bits per heavy atom. The third-order valence-corrected chi connectivity index (χ3v) is 4.35. The summed E-state index contributed by atoms with van der Waals surface area (Å²) in [6, 6.07) is 20.0. The Hall–Kier alpha value is -3.51. The van der Waals surface area contributed by atoms with Crippen LogP contribution in [-0.2, 0) is 4.74 Å². The van der Waals surface area contributed by atoms with E-state index in [1.165, 1.54) is 36.4 Å². The van der Waals surface area contributed by atoms with Crippen LogP contribution in [0.25, 0.3) is 0 Å². The molecular weight excluding hydrogens is 382 g/mol. The van der Waals surface area contributed by atoms with E-state index in [0.717, 1.165) is 0 Å². The second kappa shape index (κ2) is 8.45. The molecule has 1 atom stereocenters. The maximum Gasteiger partial charge on any atom is 0.340 e. The lowest BCUT2D eigenvalue weighted by atomic mass is 9.99. The van der Waals surface area contributed by atoms with Gasteiger partial charge in [-0.15, -0.1) is 0 Å². The van der Waals surface area contributed by atoms with Gasteiger partial charge in [0.15, 0.2) is 6.10 Å². The second-order valence-electron chi connectivity index (χ2n) is 5.84. The number of carbonyl (C=O) groups excluding carboxylic acids is 2. The van der Waals surface area contributed by atoms with Crippen molar-refractivity contribution in [3.63, 3.8) is 0 Å². The Kier molecular flexibility index (Phi) is 5.81. The Bertz CT molecular complexity index is 1020. The fourth-order valence-corrected chi connectivity index (χ4v) is 2.81. The Balaban J connectivity index is 1.97. The summed E-state index contributed by atoms with van der Waals surface area (Å²) >= 11 is 6.04. The lowest BCUT2D eigenvalue weighted by Gasteiger charge is -2.18. The summed E-state index contributed by atoms with van der Waals surface area (Å²) in [5.74, 6) is -1.21. The normalized spacial score (nSPS) is 11.5. The van der Waals surface area contributed by atoms with Crippen molar-refractivity contribution in [2.45, 2.75) is 6.10 Å². The van der Waals surface area contributed by atoms with Gasteiger partial charge in [-0.25, -0.2) is 4.79 Å². The number of nitro benzene ring substituents is 1. The first-order valence-corrected chi connectivity index (χ1v) is 8.64. The lowest BCUT2D eigenvalue weighted by molar-refractivity contribution is -0.384. The largest absolute Gasteiger partial charge is 0.445 e. The number of benzene rings is 3. The number of hydrogen-bond donors (Lipinski definition) is 0. The molecule has 0 fully saturated rings. The molecule has 0 aliphatic carbocycles. The van der Waals surface area contributed by atoms with E-state index < -0.39 is 22.8 Å². The first-order chi connectivity index (χ1) is 13.5. The number of nitrogens with zero attached hydrogens (tertiary/aromatic N) is 1. The van der Waals surface area contributed by atoms with Crippen LogP contribution >= 0.6 is 11.6 Å². The minimum absolute atomic E-state index is 0.122. The van der Waals surface area contributed by atoms with Crippen LogP contribution in [0.4, 0.5) is 5.69 Å².